The van der Waals surface area contributed by atoms with Crippen molar-refractivity contribution >= 4 is 11.9 Å². The van der Waals surface area contributed by atoms with E-state index >= 15 is 0 Å². The molecule has 1 aromatic heterocycles. The number of aromatic nitrogens is 3. The monoisotopic (exact) mass is 304 g/mol. The lowest BCUT2D eigenvalue weighted by atomic mass is 10.0. The highest BCUT2D eigenvalue weighted by atomic mass is 16.5. The van der Waals surface area contributed by atoms with E-state index in [0.717, 1.165) is 5.56 Å². The number of carbonyl (C=O) groups excluding carboxylic acids is 1. The Morgan fingerprint density at radius 3 is 2.50 bits per heavy atom. The number of nitrogens with one attached hydrogen (secondary N) is 1. The van der Waals surface area contributed by atoms with Gasteiger partial charge in [0.25, 0.3) is 0 Å². The van der Waals surface area contributed by atoms with Crippen LogP contribution < -0.4 is 19.5 Å². The van der Waals surface area contributed by atoms with E-state index in [4.69, 9.17) is 14.2 Å². The van der Waals surface area contributed by atoms with Gasteiger partial charge >= 0.3 is 0 Å². The Balaban J connectivity index is 2.14. The quantitative estimate of drug-likeness (QED) is 0.914. The van der Waals surface area contributed by atoms with E-state index in [1.807, 2.05) is 0 Å². The van der Waals surface area contributed by atoms with Gasteiger partial charge < -0.3 is 14.2 Å². The summed E-state index contributed by atoms with van der Waals surface area (Å²) in [4.78, 5) is 15.9. The standard InChI is InChI=1S/C14H16N4O4/c1-20-10-6-12(22-3)11(21-2)4-8(10)9-5-13(19)17-14-15-7-16-18(9)14/h4,6-7,9H,5H2,1-3H3,(H,15,16,17,19). The fraction of sp³-hybridized carbons (Fsp3) is 0.357. The van der Waals surface area contributed by atoms with Crippen molar-refractivity contribution < 1.29 is 19.0 Å². The molecule has 1 aliphatic heterocycles. The molecule has 0 saturated carbocycles. The molecule has 8 heteroatoms. The summed E-state index contributed by atoms with van der Waals surface area (Å²) in [6.07, 6.45) is 1.64. The highest BCUT2D eigenvalue weighted by molar-refractivity contribution is 5.91. The Morgan fingerprint density at radius 1 is 1.14 bits per heavy atom. The highest BCUT2D eigenvalue weighted by Crippen LogP contribution is 2.41. The molecular formula is C14H16N4O4. The molecule has 116 valence electrons. The van der Waals surface area contributed by atoms with Crippen molar-refractivity contribution in [1.29, 1.82) is 0 Å². The predicted molar refractivity (Wildman–Crippen MR) is 77.5 cm³/mol. The summed E-state index contributed by atoms with van der Waals surface area (Å²) in [6.45, 7) is 0. The van der Waals surface area contributed by atoms with E-state index in [1.54, 1.807) is 38.1 Å². The van der Waals surface area contributed by atoms with Crippen LogP contribution in [-0.4, -0.2) is 42.0 Å². The number of rotatable bonds is 4. The van der Waals surface area contributed by atoms with Gasteiger partial charge in [-0.1, -0.05) is 0 Å². The Kier molecular flexibility index (Phi) is 3.58. The lowest BCUT2D eigenvalue weighted by molar-refractivity contribution is -0.117. The van der Waals surface area contributed by atoms with Gasteiger partial charge in [0, 0.05) is 11.6 Å². The molecule has 0 radical (unpaired) electrons. The molecule has 1 aromatic carbocycles. The van der Waals surface area contributed by atoms with Gasteiger partial charge in [0.1, 0.15) is 12.1 Å². The van der Waals surface area contributed by atoms with Gasteiger partial charge in [-0.05, 0) is 6.07 Å². The predicted octanol–water partition coefficient (Wildman–Crippen LogP) is 1.24. The average Bonchev–Trinajstić information content (AvgIpc) is 3.00. The fourth-order valence-corrected chi connectivity index (χ4v) is 2.56. The van der Waals surface area contributed by atoms with Gasteiger partial charge in [0.15, 0.2) is 11.5 Å². The van der Waals surface area contributed by atoms with Gasteiger partial charge in [0.2, 0.25) is 11.9 Å². The van der Waals surface area contributed by atoms with E-state index in [0.29, 0.717) is 23.2 Å². The Morgan fingerprint density at radius 2 is 1.82 bits per heavy atom. The summed E-state index contributed by atoms with van der Waals surface area (Å²) in [6, 6.07) is 3.21. The van der Waals surface area contributed by atoms with E-state index in [-0.39, 0.29) is 18.4 Å². The van der Waals surface area contributed by atoms with Gasteiger partial charge in [-0.15, -0.1) is 0 Å². The topological polar surface area (TPSA) is 87.5 Å². The van der Waals surface area contributed by atoms with Crippen LogP contribution in [0.2, 0.25) is 0 Å². The van der Waals surface area contributed by atoms with Gasteiger partial charge in [-0.2, -0.15) is 10.1 Å². The first-order chi connectivity index (χ1) is 10.7. The number of carbonyl (C=O) groups is 1. The van der Waals surface area contributed by atoms with Crippen LogP contribution in [0.15, 0.2) is 18.5 Å². The zero-order valence-corrected chi connectivity index (χ0v) is 12.5. The maximum absolute atomic E-state index is 11.9. The van der Waals surface area contributed by atoms with Crippen molar-refractivity contribution in [3.8, 4) is 17.2 Å². The first-order valence-corrected chi connectivity index (χ1v) is 6.67. The molecule has 3 rings (SSSR count). The molecule has 1 N–H and O–H groups in total. The number of fused-ring (bicyclic) bond motifs is 1. The van der Waals surface area contributed by atoms with Crippen LogP contribution in [0.5, 0.6) is 17.2 Å². The first kappa shape index (κ1) is 14.2. The minimum Gasteiger partial charge on any atom is -0.496 e. The number of hydrogen-bond acceptors (Lipinski definition) is 6. The second kappa shape index (κ2) is 5.55. The number of nitrogens with zero attached hydrogens (tertiary/aromatic N) is 3. The molecular weight excluding hydrogens is 288 g/mol. The Bertz CT molecular complexity index is 713. The maximum Gasteiger partial charge on any atom is 0.229 e. The number of ether oxygens (including phenoxy) is 3. The highest BCUT2D eigenvalue weighted by Gasteiger charge is 2.30. The van der Waals surface area contributed by atoms with Crippen molar-refractivity contribution in [3.05, 3.63) is 24.0 Å². The minimum absolute atomic E-state index is 0.123. The Hall–Kier alpha value is -2.77. The zero-order valence-electron chi connectivity index (χ0n) is 12.5. The van der Waals surface area contributed by atoms with E-state index in [9.17, 15) is 4.79 Å². The van der Waals surface area contributed by atoms with Crippen molar-refractivity contribution in [2.24, 2.45) is 0 Å². The molecule has 1 atom stereocenters. The van der Waals surface area contributed by atoms with Crippen molar-refractivity contribution in [3.63, 3.8) is 0 Å². The van der Waals surface area contributed by atoms with Gasteiger partial charge in [0.05, 0.1) is 33.8 Å². The number of benzene rings is 1. The third-order valence-corrected chi connectivity index (χ3v) is 3.59. The van der Waals surface area contributed by atoms with Crippen LogP contribution >= 0.6 is 0 Å². The van der Waals surface area contributed by atoms with E-state index < -0.39 is 0 Å². The normalized spacial score (nSPS) is 16.7. The summed E-state index contributed by atoms with van der Waals surface area (Å²) >= 11 is 0. The van der Waals surface area contributed by atoms with Crippen molar-refractivity contribution in [2.45, 2.75) is 12.5 Å². The zero-order chi connectivity index (χ0) is 15.7. The fourth-order valence-electron chi connectivity index (χ4n) is 2.56. The van der Waals surface area contributed by atoms with Gasteiger partial charge in [-0.25, -0.2) is 4.68 Å². The van der Waals surface area contributed by atoms with Crippen molar-refractivity contribution in [2.75, 3.05) is 26.6 Å². The molecule has 1 unspecified atom stereocenters. The van der Waals surface area contributed by atoms with Crippen LogP contribution in [0, 0.1) is 0 Å². The summed E-state index contributed by atoms with van der Waals surface area (Å²) in [5.74, 6) is 2.01. The molecule has 0 spiro atoms. The van der Waals surface area contributed by atoms with Gasteiger partial charge in [-0.3, -0.25) is 10.1 Å². The molecule has 1 aliphatic rings. The van der Waals surface area contributed by atoms with Crippen molar-refractivity contribution in [1.82, 2.24) is 14.8 Å². The van der Waals surface area contributed by atoms with Crippen LogP contribution in [0.3, 0.4) is 0 Å². The lowest BCUT2D eigenvalue weighted by Gasteiger charge is -2.25. The molecule has 0 saturated heterocycles. The summed E-state index contributed by atoms with van der Waals surface area (Å²) < 4.78 is 17.7. The summed E-state index contributed by atoms with van der Waals surface area (Å²) in [7, 11) is 4.68. The SMILES string of the molecule is COc1cc(OC)c(C2CC(=O)Nc3ncnn32)cc1OC. The van der Waals surface area contributed by atoms with E-state index in [2.05, 4.69) is 15.4 Å². The molecule has 0 bridgehead atoms. The summed E-state index contributed by atoms with van der Waals surface area (Å²) in [5.41, 5.74) is 0.779. The number of anilines is 1. The van der Waals surface area contributed by atoms with E-state index in [1.165, 1.54) is 6.33 Å². The van der Waals surface area contributed by atoms with Crippen LogP contribution in [0.25, 0.3) is 0 Å². The third kappa shape index (κ3) is 2.22. The minimum atomic E-state index is -0.319. The second-order valence-corrected chi connectivity index (χ2v) is 4.75. The molecule has 1 amide bonds. The smallest absolute Gasteiger partial charge is 0.229 e. The molecule has 22 heavy (non-hydrogen) atoms. The average molecular weight is 304 g/mol. The first-order valence-electron chi connectivity index (χ1n) is 6.67. The molecule has 0 aliphatic carbocycles. The molecule has 2 aromatic rings. The number of methoxy groups -OCH3 is 3. The Labute approximate surface area is 127 Å². The van der Waals surface area contributed by atoms with Crippen LogP contribution in [0.4, 0.5) is 5.95 Å². The lowest BCUT2D eigenvalue weighted by Crippen LogP contribution is -2.29. The molecule has 0 fully saturated rings. The molecule has 2 heterocycles. The second-order valence-electron chi connectivity index (χ2n) is 4.75. The molecule has 8 nitrogen and oxygen atoms in total. The third-order valence-electron chi connectivity index (χ3n) is 3.59. The largest absolute Gasteiger partial charge is 0.496 e. The van der Waals surface area contributed by atoms with Crippen LogP contribution in [-0.2, 0) is 4.79 Å². The number of amides is 1. The van der Waals surface area contributed by atoms with Crippen LogP contribution in [0.1, 0.15) is 18.0 Å². The summed E-state index contributed by atoms with van der Waals surface area (Å²) in [5, 5.41) is 6.87. The maximum atomic E-state index is 11.9. The number of hydrogen-bond donors (Lipinski definition) is 1.